The molecular weight excluding hydrogens is 1260 g/mol. The van der Waals surface area contributed by atoms with Gasteiger partial charge in [0.05, 0.1) is 24.4 Å². The first-order chi connectivity index (χ1) is 47.9. The van der Waals surface area contributed by atoms with Gasteiger partial charge in [-0.15, -0.1) is 0 Å². The molecule has 0 aromatic heterocycles. The molecule has 534 valence electrons. The van der Waals surface area contributed by atoms with Crippen molar-refractivity contribution in [3.05, 3.63) is 220 Å². The van der Waals surface area contributed by atoms with Crippen LogP contribution < -0.4 is 24.3 Å². The standard InChI is InChI=1S/C30H44N2O3.C29H43N3O2.C25H26ClNO3/c1-5-9-24-12-13-29(34-21-25-10-7-6-8-11-25)26(18-24)20-32-16-14-30(15-17-32)19-28(31(3)4)27(22-35-30)23(2)33;1-29(2,3)25-10-11-28(34-22-23-8-6-5-7-9-23)24(20-25)21-31-14-12-26(27(33)13-15-31)32-18-16-30(4)17-19-32;26-19-13-15-20(16-14-19)29-22-10-4-5-11-23(22)30-24-12-6-9-21(25(24)28)27-17-18-7-2-1-3-8-18/h6-8,10-13,18,23,27-28,33H,5,9,14-17,19-22H2,1-4H3;5-11,20,26-27,33H,12-19,21-22H2,1-4H3;1-5,7-8,10-11,13-16,21,24-25,27-28H,6,9,12,17H2/t23-,27?,28+;26-,27-;21-,24-,25-/m101/s1. The Balaban J connectivity index is 0.000000161. The van der Waals surface area contributed by atoms with E-state index in [1.807, 2.05) is 73.7 Å². The Kier molecular flexibility index (Phi) is 28.1. The summed E-state index contributed by atoms with van der Waals surface area (Å²) >= 11 is 5.96. The summed E-state index contributed by atoms with van der Waals surface area (Å²) in [5.74, 6) is 4.07. The van der Waals surface area contributed by atoms with Crippen LogP contribution in [0.5, 0.6) is 28.7 Å². The molecule has 15 heteroatoms. The molecule has 4 saturated heterocycles. The Hall–Kier alpha value is -6.37. The highest BCUT2D eigenvalue weighted by molar-refractivity contribution is 6.30. The predicted molar refractivity (Wildman–Crippen MR) is 400 cm³/mol. The number of ether oxygens (including phenoxy) is 5. The second-order valence-electron chi connectivity index (χ2n) is 29.6. The van der Waals surface area contributed by atoms with E-state index in [9.17, 15) is 15.3 Å². The summed E-state index contributed by atoms with van der Waals surface area (Å²) in [5.41, 5.74) is 8.86. The lowest BCUT2D eigenvalue weighted by Gasteiger charge is -2.50. The molecule has 0 bridgehead atoms. The molecule has 0 amide bonds. The van der Waals surface area contributed by atoms with Gasteiger partial charge in [0.2, 0.25) is 0 Å². The lowest BCUT2D eigenvalue weighted by molar-refractivity contribution is -0.167. The molecule has 7 aromatic carbocycles. The molecule has 1 unspecified atom stereocenters. The Labute approximate surface area is 597 Å². The average Bonchev–Trinajstić information content (AvgIpc) is 0.994. The van der Waals surface area contributed by atoms with Gasteiger partial charge in [-0.25, -0.2) is 0 Å². The fourth-order valence-corrected chi connectivity index (χ4v) is 14.8. The van der Waals surface area contributed by atoms with E-state index in [1.54, 1.807) is 12.1 Å². The summed E-state index contributed by atoms with van der Waals surface area (Å²) in [6.07, 6.45) is 8.43. The normalized spacial score (nSPS) is 22.8. The number of rotatable bonds is 22. The van der Waals surface area contributed by atoms with E-state index in [4.69, 9.17) is 35.3 Å². The number of aliphatic hydroxyl groups excluding tert-OH is 3. The van der Waals surface area contributed by atoms with Crippen molar-refractivity contribution in [2.45, 2.75) is 185 Å². The molecule has 5 aliphatic rings. The minimum absolute atomic E-state index is 0.00620. The zero-order valence-electron chi connectivity index (χ0n) is 60.3. The predicted octanol–water partition coefficient (Wildman–Crippen LogP) is 14.6. The van der Waals surface area contributed by atoms with E-state index in [-0.39, 0.29) is 47.3 Å². The molecule has 12 rings (SSSR count). The first kappa shape index (κ1) is 75.3. The van der Waals surface area contributed by atoms with E-state index in [0.29, 0.717) is 48.1 Å². The SMILES string of the molecule is CCCc1ccc(OCc2ccccc2)c(CN2CCC3(CC2)C[C@H](N(C)C)C([C@@H](C)O)CO3)c1.CN1CCN([C@H]2CCN(Cc3cc(C(C)(C)C)ccc3OCc3ccccc3)CC[C@@H]2O)CC1.O[C@@H]1[C@H](NCc2ccccc2)CCC[C@H]1Oc1ccccc1Oc1ccc(Cl)cc1. The lowest BCUT2D eigenvalue weighted by atomic mass is 9.77. The number of piperidine rings is 1. The van der Waals surface area contributed by atoms with Crippen LogP contribution in [-0.4, -0.2) is 168 Å². The van der Waals surface area contributed by atoms with Crippen molar-refractivity contribution < 1.29 is 39.0 Å². The molecule has 14 nitrogen and oxygen atoms in total. The number of hydrogen-bond donors (Lipinski definition) is 4. The van der Waals surface area contributed by atoms with Crippen LogP contribution in [-0.2, 0) is 49.4 Å². The van der Waals surface area contributed by atoms with E-state index >= 15 is 0 Å². The maximum Gasteiger partial charge on any atom is 0.169 e. The third-order valence-electron chi connectivity index (χ3n) is 20.9. The molecule has 99 heavy (non-hydrogen) atoms. The highest BCUT2D eigenvalue weighted by Crippen LogP contribution is 2.41. The van der Waals surface area contributed by atoms with Crippen LogP contribution >= 0.6 is 11.6 Å². The molecule has 1 aliphatic carbocycles. The Bertz CT molecular complexity index is 3490. The number of halogens is 1. The highest BCUT2D eigenvalue weighted by atomic mass is 35.5. The number of likely N-dealkylation sites (N-methyl/N-ethyl adjacent to an activating group) is 1. The number of hydrogen-bond acceptors (Lipinski definition) is 14. The van der Waals surface area contributed by atoms with Gasteiger partial charge >= 0.3 is 0 Å². The van der Waals surface area contributed by atoms with E-state index < -0.39 is 6.10 Å². The number of aryl methyl sites for hydroxylation is 1. The largest absolute Gasteiger partial charge is 0.489 e. The monoisotopic (exact) mass is 1370 g/mol. The number of nitrogens with zero attached hydrogens (tertiary/aromatic N) is 5. The van der Waals surface area contributed by atoms with Crippen LogP contribution in [0.15, 0.2) is 176 Å². The van der Waals surface area contributed by atoms with E-state index in [2.05, 4.69) is 176 Å². The fraction of sp³-hybridized carbons (Fsp3) is 0.500. The van der Waals surface area contributed by atoms with Crippen molar-refractivity contribution in [1.29, 1.82) is 0 Å². The zero-order chi connectivity index (χ0) is 69.7. The van der Waals surface area contributed by atoms with Gasteiger partial charge in [-0.3, -0.25) is 14.7 Å². The van der Waals surface area contributed by atoms with Gasteiger partial charge in [0, 0.05) is 112 Å². The number of nitrogens with one attached hydrogen (secondary N) is 1. The molecule has 1 spiro atoms. The highest BCUT2D eigenvalue weighted by Gasteiger charge is 2.46. The number of para-hydroxylation sites is 2. The Morgan fingerprint density at radius 1 is 0.636 bits per heavy atom. The maximum atomic E-state index is 11.0. The molecule has 7 aromatic rings. The molecule has 4 N–H and O–H groups in total. The number of aliphatic hydroxyl groups is 3. The Morgan fingerprint density at radius 2 is 1.21 bits per heavy atom. The summed E-state index contributed by atoms with van der Waals surface area (Å²) < 4.78 is 31.3. The maximum absolute atomic E-state index is 11.0. The van der Waals surface area contributed by atoms with Gasteiger partial charge in [0.25, 0.3) is 0 Å². The van der Waals surface area contributed by atoms with E-state index in [1.165, 1.54) is 38.9 Å². The van der Waals surface area contributed by atoms with E-state index in [0.717, 1.165) is 148 Å². The summed E-state index contributed by atoms with van der Waals surface area (Å²) in [6.45, 7) is 23.5. The quantitative estimate of drug-likeness (QED) is 0.0513. The van der Waals surface area contributed by atoms with Crippen molar-refractivity contribution in [3.8, 4) is 28.7 Å². The first-order valence-corrected chi connectivity index (χ1v) is 37.0. The third-order valence-corrected chi connectivity index (χ3v) is 21.1. The van der Waals surface area contributed by atoms with Gasteiger partial charge in [-0.05, 0) is 168 Å². The lowest BCUT2D eigenvalue weighted by Crippen LogP contribution is -2.57. The minimum atomic E-state index is -0.592. The van der Waals surface area contributed by atoms with Crippen LogP contribution in [0.4, 0.5) is 0 Å². The molecule has 5 fully saturated rings. The molecular formula is C84H113ClN6O8. The van der Waals surface area contributed by atoms with Gasteiger partial charge in [0.1, 0.15) is 42.7 Å². The molecule has 4 heterocycles. The van der Waals surface area contributed by atoms with Gasteiger partial charge < -0.3 is 54.1 Å². The van der Waals surface area contributed by atoms with Crippen molar-refractivity contribution in [1.82, 2.24) is 29.8 Å². The van der Waals surface area contributed by atoms with Crippen molar-refractivity contribution >= 4 is 11.6 Å². The topological polar surface area (TPSA) is 135 Å². The van der Waals surface area contributed by atoms with Crippen LogP contribution in [0, 0.1) is 5.92 Å². The summed E-state index contributed by atoms with van der Waals surface area (Å²) in [5, 5.41) is 36.3. The second kappa shape index (κ2) is 37.0. The van der Waals surface area contributed by atoms with Gasteiger partial charge in [-0.2, -0.15) is 0 Å². The summed E-state index contributed by atoms with van der Waals surface area (Å²) in [6, 6.07) is 59.8. The van der Waals surface area contributed by atoms with Gasteiger partial charge in [0.15, 0.2) is 11.5 Å². The second-order valence-corrected chi connectivity index (χ2v) is 30.0. The smallest absolute Gasteiger partial charge is 0.169 e. The number of likely N-dealkylation sites (tertiary alicyclic amines) is 2. The van der Waals surface area contributed by atoms with Crippen molar-refractivity contribution in [2.75, 3.05) is 80.1 Å². The number of benzene rings is 7. The minimum Gasteiger partial charge on any atom is -0.489 e. The van der Waals surface area contributed by atoms with Crippen LogP contribution in [0.1, 0.15) is 131 Å². The average molecular weight is 1370 g/mol. The van der Waals surface area contributed by atoms with Crippen LogP contribution in [0.2, 0.25) is 5.02 Å². The summed E-state index contributed by atoms with van der Waals surface area (Å²) in [7, 11) is 6.45. The number of piperazine rings is 1. The third kappa shape index (κ3) is 22.3. The fourth-order valence-electron chi connectivity index (χ4n) is 14.7. The molecule has 4 aliphatic heterocycles. The van der Waals surface area contributed by atoms with Crippen molar-refractivity contribution in [2.24, 2.45) is 5.92 Å². The summed E-state index contributed by atoms with van der Waals surface area (Å²) in [4.78, 5) is 12.2. The zero-order valence-corrected chi connectivity index (χ0v) is 61.1. The Morgan fingerprint density at radius 3 is 1.82 bits per heavy atom. The van der Waals surface area contributed by atoms with Gasteiger partial charge in [-0.1, -0.05) is 173 Å². The molecule has 8 atom stereocenters. The van der Waals surface area contributed by atoms with Crippen LogP contribution in [0.25, 0.3) is 0 Å². The van der Waals surface area contributed by atoms with Crippen molar-refractivity contribution in [3.63, 3.8) is 0 Å². The first-order valence-electron chi connectivity index (χ1n) is 36.6. The molecule has 1 saturated carbocycles. The van der Waals surface area contributed by atoms with Crippen LogP contribution in [0.3, 0.4) is 0 Å². The molecule has 0 radical (unpaired) electrons.